The van der Waals surface area contributed by atoms with Gasteiger partial charge in [-0.25, -0.2) is 4.98 Å². The summed E-state index contributed by atoms with van der Waals surface area (Å²) in [4.78, 5) is 4.83. The van der Waals surface area contributed by atoms with Gasteiger partial charge in [0.1, 0.15) is 23.9 Å². The maximum absolute atomic E-state index is 6.17. The monoisotopic (exact) mass is 446 g/mol. The van der Waals surface area contributed by atoms with E-state index < -0.39 is 0 Å². The average molecular weight is 447 g/mol. The van der Waals surface area contributed by atoms with Crippen molar-refractivity contribution in [3.8, 4) is 11.5 Å². The highest BCUT2D eigenvalue weighted by molar-refractivity contribution is 6.32. The molecule has 0 amide bonds. The molecular formula is C27H27ClN2O2. The summed E-state index contributed by atoms with van der Waals surface area (Å²) >= 11 is 6.16. The molecule has 0 spiro atoms. The van der Waals surface area contributed by atoms with Gasteiger partial charge < -0.3 is 14.0 Å². The predicted molar refractivity (Wildman–Crippen MR) is 131 cm³/mol. The number of hydrogen-bond acceptors (Lipinski definition) is 3. The van der Waals surface area contributed by atoms with Crippen LogP contribution in [-0.4, -0.2) is 16.2 Å². The van der Waals surface area contributed by atoms with Crippen molar-refractivity contribution in [3.05, 3.63) is 102 Å². The summed E-state index contributed by atoms with van der Waals surface area (Å²) in [5.74, 6) is 2.53. The molecule has 0 N–H and O–H groups in total. The molecule has 0 unspecified atom stereocenters. The Hall–Kier alpha value is -3.24. The molecule has 4 rings (SSSR count). The van der Waals surface area contributed by atoms with Crippen molar-refractivity contribution in [3.63, 3.8) is 0 Å². The smallest absolute Gasteiger partial charge is 0.147 e. The largest absolute Gasteiger partial charge is 0.492 e. The van der Waals surface area contributed by atoms with Crippen LogP contribution in [0, 0.1) is 0 Å². The number of halogens is 1. The van der Waals surface area contributed by atoms with E-state index in [-0.39, 0.29) is 0 Å². The third-order valence-electron chi connectivity index (χ3n) is 5.30. The average Bonchev–Trinajstić information content (AvgIpc) is 3.17. The van der Waals surface area contributed by atoms with Crippen molar-refractivity contribution in [2.75, 3.05) is 6.61 Å². The minimum absolute atomic E-state index is 0.416. The molecule has 0 fully saturated rings. The van der Waals surface area contributed by atoms with Gasteiger partial charge in [0, 0.05) is 6.54 Å². The first kappa shape index (κ1) is 22.0. The molecule has 0 aliphatic heterocycles. The molecule has 32 heavy (non-hydrogen) atoms. The van der Waals surface area contributed by atoms with Crippen LogP contribution in [-0.2, 0) is 19.6 Å². The first-order valence-electron chi connectivity index (χ1n) is 10.9. The van der Waals surface area contributed by atoms with E-state index >= 15 is 0 Å². The molecule has 0 aliphatic rings. The van der Waals surface area contributed by atoms with Gasteiger partial charge in [0.2, 0.25) is 0 Å². The second kappa shape index (κ2) is 10.9. The third-order valence-corrected chi connectivity index (χ3v) is 5.61. The second-order valence-corrected chi connectivity index (χ2v) is 7.95. The lowest BCUT2D eigenvalue weighted by atomic mass is 10.1. The molecule has 0 saturated heterocycles. The summed E-state index contributed by atoms with van der Waals surface area (Å²) in [6.45, 7) is 5.73. The number of fused-ring (bicyclic) bond motifs is 1. The Kier molecular flexibility index (Phi) is 7.47. The third kappa shape index (κ3) is 5.32. The van der Waals surface area contributed by atoms with Crippen LogP contribution in [0.4, 0.5) is 0 Å². The first-order chi connectivity index (χ1) is 15.8. The normalized spacial score (nSPS) is 10.9. The van der Waals surface area contributed by atoms with Crippen molar-refractivity contribution >= 4 is 22.6 Å². The molecule has 0 radical (unpaired) electrons. The summed E-state index contributed by atoms with van der Waals surface area (Å²) in [6.07, 6.45) is 4.55. The molecule has 4 nitrogen and oxygen atoms in total. The fourth-order valence-electron chi connectivity index (χ4n) is 3.71. The highest BCUT2D eigenvalue weighted by Crippen LogP contribution is 2.24. The van der Waals surface area contributed by atoms with E-state index in [1.54, 1.807) is 0 Å². The number of aryl methyl sites for hydroxylation is 1. The van der Waals surface area contributed by atoms with Crippen molar-refractivity contribution in [1.82, 2.24) is 9.55 Å². The van der Waals surface area contributed by atoms with Crippen molar-refractivity contribution in [2.24, 2.45) is 0 Å². The fraction of sp³-hybridized carbons (Fsp3) is 0.222. The van der Waals surface area contributed by atoms with Crippen molar-refractivity contribution < 1.29 is 9.47 Å². The number of nitrogens with zero attached hydrogens (tertiary/aromatic N) is 2. The van der Waals surface area contributed by atoms with Crippen LogP contribution in [0.25, 0.3) is 11.0 Å². The van der Waals surface area contributed by atoms with E-state index in [1.807, 2.05) is 66.7 Å². The van der Waals surface area contributed by atoms with Gasteiger partial charge in [-0.1, -0.05) is 60.1 Å². The molecule has 0 saturated carbocycles. The number of imidazole rings is 1. The number of allylic oxidation sites excluding steroid dienone is 1. The van der Waals surface area contributed by atoms with Crippen LogP contribution in [0.3, 0.4) is 0 Å². The number of unbranched alkanes of at least 4 members (excludes halogenated alkanes) is 1. The second-order valence-electron chi connectivity index (χ2n) is 7.54. The maximum atomic E-state index is 6.17. The number of para-hydroxylation sites is 4. The minimum Gasteiger partial charge on any atom is -0.492 e. The lowest BCUT2D eigenvalue weighted by molar-refractivity contribution is 0.283. The number of hydrogen-bond donors (Lipinski definition) is 0. The Labute approximate surface area is 194 Å². The standard InChI is InChI=1S/C27H27ClN2O2/c1-2-11-21-12-3-7-16-25(21)32-20-27-29-23-14-5-6-15-24(23)30(27)18-9-10-19-31-26-17-8-4-13-22(26)28/h2-8,12-17H,1,9-11,18-20H2. The number of rotatable bonds is 11. The lowest BCUT2D eigenvalue weighted by Crippen LogP contribution is -2.09. The molecule has 4 aromatic rings. The van der Waals surface area contributed by atoms with E-state index in [0.29, 0.717) is 18.2 Å². The quantitative estimate of drug-likeness (QED) is 0.186. The molecule has 164 valence electrons. The first-order valence-corrected chi connectivity index (χ1v) is 11.3. The Balaban J connectivity index is 1.41. The molecule has 1 heterocycles. The summed E-state index contributed by atoms with van der Waals surface area (Å²) in [5, 5.41) is 0.643. The summed E-state index contributed by atoms with van der Waals surface area (Å²) in [6, 6.07) is 23.9. The Morgan fingerprint density at radius 3 is 2.47 bits per heavy atom. The topological polar surface area (TPSA) is 36.3 Å². The zero-order valence-corrected chi connectivity index (χ0v) is 18.8. The SMILES string of the molecule is C=CCc1ccccc1OCc1nc2ccccc2n1CCCCOc1ccccc1Cl. The molecule has 5 heteroatoms. The van der Waals surface area contributed by atoms with Crippen molar-refractivity contribution in [2.45, 2.75) is 32.4 Å². The van der Waals surface area contributed by atoms with E-state index in [2.05, 4.69) is 23.3 Å². The van der Waals surface area contributed by atoms with Crippen LogP contribution in [0.2, 0.25) is 5.02 Å². The lowest BCUT2D eigenvalue weighted by Gasteiger charge is -2.13. The molecule has 0 aliphatic carbocycles. The number of benzene rings is 3. The summed E-state index contributed by atoms with van der Waals surface area (Å²) < 4.78 is 14.3. The van der Waals surface area contributed by atoms with E-state index in [1.165, 1.54) is 0 Å². The summed E-state index contributed by atoms with van der Waals surface area (Å²) in [5.41, 5.74) is 3.23. The van der Waals surface area contributed by atoms with Crippen LogP contribution < -0.4 is 9.47 Å². The van der Waals surface area contributed by atoms with Gasteiger partial charge >= 0.3 is 0 Å². The van der Waals surface area contributed by atoms with E-state index in [4.69, 9.17) is 26.1 Å². The Morgan fingerprint density at radius 2 is 1.62 bits per heavy atom. The Morgan fingerprint density at radius 1 is 0.875 bits per heavy atom. The van der Waals surface area contributed by atoms with Crippen LogP contribution >= 0.6 is 11.6 Å². The summed E-state index contributed by atoms with van der Waals surface area (Å²) in [7, 11) is 0. The van der Waals surface area contributed by atoms with Crippen LogP contribution in [0.15, 0.2) is 85.5 Å². The van der Waals surface area contributed by atoms with E-state index in [0.717, 1.165) is 59.7 Å². The van der Waals surface area contributed by atoms with Gasteiger partial charge in [0.25, 0.3) is 0 Å². The van der Waals surface area contributed by atoms with Gasteiger partial charge in [-0.05, 0) is 55.2 Å². The van der Waals surface area contributed by atoms with E-state index in [9.17, 15) is 0 Å². The van der Waals surface area contributed by atoms with Gasteiger partial charge in [-0.3, -0.25) is 0 Å². The number of ether oxygens (including phenoxy) is 2. The molecule has 3 aromatic carbocycles. The number of aromatic nitrogens is 2. The highest BCUT2D eigenvalue weighted by Gasteiger charge is 2.12. The van der Waals surface area contributed by atoms with Crippen molar-refractivity contribution in [1.29, 1.82) is 0 Å². The van der Waals surface area contributed by atoms with Gasteiger partial charge in [-0.2, -0.15) is 0 Å². The fourth-order valence-corrected chi connectivity index (χ4v) is 3.90. The zero-order valence-electron chi connectivity index (χ0n) is 18.0. The Bertz CT molecular complexity index is 1190. The van der Waals surface area contributed by atoms with Crippen LogP contribution in [0.5, 0.6) is 11.5 Å². The molecule has 1 aromatic heterocycles. The molecule has 0 bridgehead atoms. The minimum atomic E-state index is 0.416. The maximum Gasteiger partial charge on any atom is 0.147 e. The van der Waals surface area contributed by atoms with Gasteiger partial charge in [0.15, 0.2) is 0 Å². The predicted octanol–water partition coefficient (Wildman–Crippen LogP) is 6.86. The molecule has 0 atom stereocenters. The van der Waals surface area contributed by atoms with Gasteiger partial charge in [-0.15, -0.1) is 6.58 Å². The van der Waals surface area contributed by atoms with Crippen LogP contribution in [0.1, 0.15) is 24.2 Å². The zero-order chi connectivity index (χ0) is 22.2. The highest BCUT2D eigenvalue weighted by atomic mass is 35.5. The molecular weight excluding hydrogens is 420 g/mol. The van der Waals surface area contributed by atoms with Gasteiger partial charge in [0.05, 0.1) is 22.7 Å².